The molecule has 16 heteroatoms. The highest BCUT2D eigenvalue weighted by molar-refractivity contribution is 5.92. The van der Waals surface area contributed by atoms with Crippen molar-refractivity contribution in [3.8, 4) is 0 Å². The molecule has 0 bridgehead atoms. The molecular weight excluding hydrogens is 881 g/mol. The molecule has 14 nitrogen and oxygen atoms in total. The molecule has 8 atom stereocenters. The number of aliphatic hydroxyl groups excluding tert-OH is 1. The van der Waals surface area contributed by atoms with Crippen LogP contribution in [0.4, 0.5) is 13.6 Å². The molecule has 5 aromatic rings. The third-order valence-electron chi connectivity index (χ3n) is 11.0. The number of alkyl carbamates (subject to hydrolysis) is 1. The van der Waals surface area contributed by atoms with Gasteiger partial charge in [-0.3, -0.25) is 9.59 Å². The Balaban J connectivity index is 1.22. The Morgan fingerprint density at radius 3 is 1.50 bits per heavy atom. The van der Waals surface area contributed by atoms with Gasteiger partial charge in [0, 0.05) is 6.42 Å². The van der Waals surface area contributed by atoms with Crippen LogP contribution < -0.4 is 16.0 Å². The Morgan fingerprint density at radius 1 is 0.574 bits per heavy atom. The summed E-state index contributed by atoms with van der Waals surface area (Å²) < 4.78 is 69.7. The van der Waals surface area contributed by atoms with E-state index in [4.69, 9.17) is 28.4 Å². The number of benzene rings is 5. The average molecular weight is 938 g/mol. The van der Waals surface area contributed by atoms with Gasteiger partial charge in [0.25, 0.3) is 5.92 Å². The fourth-order valence-corrected chi connectivity index (χ4v) is 7.34. The number of aliphatic hydroxyl groups is 1. The summed E-state index contributed by atoms with van der Waals surface area (Å²) in [7, 11) is 0. The Bertz CT molecular complexity index is 2320. The number of hydrogen-bond acceptors (Lipinski definition) is 11. The predicted octanol–water partition coefficient (Wildman–Crippen LogP) is 6.58. The summed E-state index contributed by atoms with van der Waals surface area (Å²) in [5, 5.41) is 19.0. The molecule has 0 radical (unpaired) electrons. The maximum Gasteiger partial charge on any atom is 0.408 e. The van der Waals surface area contributed by atoms with Gasteiger partial charge in [-0.05, 0) is 41.7 Å². The number of esters is 1. The van der Waals surface area contributed by atoms with Crippen LogP contribution in [0.25, 0.3) is 0 Å². The van der Waals surface area contributed by atoms with Gasteiger partial charge in [0.2, 0.25) is 11.8 Å². The summed E-state index contributed by atoms with van der Waals surface area (Å²) in [6, 6.07) is 40.1. The number of alkyl halides is 2. The zero-order valence-corrected chi connectivity index (χ0v) is 37.8. The van der Waals surface area contributed by atoms with Crippen molar-refractivity contribution >= 4 is 23.9 Å². The van der Waals surface area contributed by atoms with E-state index in [2.05, 4.69) is 16.0 Å². The molecular formula is C52H57F2N3O11. The van der Waals surface area contributed by atoms with Gasteiger partial charge in [-0.1, -0.05) is 152 Å². The molecule has 0 saturated carbocycles. The van der Waals surface area contributed by atoms with Gasteiger partial charge in [0.15, 0.2) is 0 Å². The lowest BCUT2D eigenvalue weighted by Crippen LogP contribution is -2.65. The topological polar surface area (TPSA) is 180 Å². The van der Waals surface area contributed by atoms with E-state index in [-0.39, 0.29) is 39.6 Å². The lowest BCUT2D eigenvalue weighted by molar-refractivity contribution is -0.301. The molecule has 1 fully saturated rings. The van der Waals surface area contributed by atoms with Gasteiger partial charge in [0.05, 0.1) is 26.4 Å². The van der Waals surface area contributed by atoms with E-state index in [0.29, 0.717) is 11.1 Å². The fourth-order valence-electron chi connectivity index (χ4n) is 7.34. The van der Waals surface area contributed by atoms with Crippen molar-refractivity contribution in [2.24, 2.45) is 0 Å². The second-order valence-electron chi connectivity index (χ2n) is 16.4. The minimum Gasteiger partial charge on any atom is -0.459 e. The molecule has 5 aromatic carbocycles. The van der Waals surface area contributed by atoms with E-state index in [1.807, 2.05) is 72.8 Å². The molecule has 1 unspecified atom stereocenters. The van der Waals surface area contributed by atoms with Crippen molar-refractivity contribution in [1.82, 2.24) is 16.0 Å². The third-order valence-corrected chi connectivity index (χ3v) is 11.0. The molecule has 1 heterocycles. The monoisotopic (exact) mass is 937 g/mol. The van der Waals surface area contributed by atoms with Gasteiger partial charge in [0.1, 0.15) is 61.9 Å². The SMILES string of the molecule is C[C@H](NC(=O)C(CC(F)(F)[C@H]1O[C@H](COCc2ccccc2)[C@H](OCc2ccccc2)[C@H](OCc2ccccc2)[C@H]1O)NC(=O)OCc1ccccc1)C(=O)N[C@@H](C)C(=O)OCc1ccccc1. The van der Waals surface area contributed by atoms with Crippen LogP contribution >= 0.6 is 0 Å². The van der Waals surface area contributed by atoms with Crippen molar-refractivity contribution in [2.75, 3.05) is 6.61 Å². The van der Waals surface area contributed by atoms with Crippen LogP contribution in [-0.4, -0.2) is 90.2 Å². The van der Waals surface area contributed by atoms with Crippen LogP contribution in [0.15, 0.2) is 152 Å². The first-order chi connectivity index (χ1) is 32.9. The second kappa shape index (κ2) is 25.5. The Morgan fingerprint density at radius 2 is 1.00 bits per heavy atom. The summed E-state index contributed by atoms with van der Waals surface area (Å²) in [6.07, 6.45) is -10.9. The number of nitrogens with one attached hydrogen (secondary N) is 3. The normalized spacial score (nSPS) is 19.4. The largest absolute Gasteiger partial charge is 0.459 e. The van der Waals surface area contributed by atoms with Crippen molar-refractivity contribution in [3.05, 3.63) is 179 Å². The number of carbonyl (C=O) groups is 4. The van der Waals surface area contributed by atoms with Gasteiger partial charge < -0.3 is 49.5 Å². The highest BCUT2D eigenvalue weighted by Gasteiger charge is 2.57. The van der Waals surface area contributed by atoms with Gasteiger partial charge in [-0.15, -0.1) is 0 Å². The predicted molar refractivity (Wildman–Crippen MR) is 245 cm³/mol. The van der Waals surface area contributed by atoms with E-state index in [0.717, 1.165) is 16.7 Å². The zero-order valence-electron chi connectivity index (χ0n) is 37.8. The van der Waals surface area contributed by atoms with Crippen LogP contribution in [-0.2, 0) is 75.8 Å². The van der Waals surface area contributed by atoms with Gasteiger partial charge in [-0.25, -0.2) is 18.4 Å². The lowest BCUT2D eigenvalue weighted by atomic mass is 9.88. The molecule has 1 aliphatic rings. The highest BCUT2D eigenvalue weighted by atomic mass is 19.3. The molecule has 1 aliphatic heterocycles. The molecule has 1 saturated heterocycles. The van der Waals surface area contributed by atoms with Crippen molar-refractivity contribution in [1.29, 1.82) is 0 Å². The molecule has 6 rings (SSSR count). The first kappa shape index (κ1) is 50.8. The minimum absolute atomic E-state index is 0.0136. The van der Waals surface area contributed by atoms with E-state index in [1.54, 1.807) is 78.9 Å². The van der Waals surface area contributed by atoms with E-state index < -0.39 is 84.9 Å². The smallest absolute Gasteiger partial charge is 0.408 e. The maximum atomic E-state index is 17.2. The van der Waals surface area contributed by atoms with Crippen molar-refractivity contribution < 1.29 is 61.5 Å². The molecule has 0 aromatic heterocycles. The second-order valence-corrected chi connectivity index (χ2v) is 16.4. The van der Waals surface area contributed by atoms with Gasteiger partial charge >= 0.3 is 12.1 Å². The minimum atomic E-state index is -4.09. The summed E-state index contributed by atoms with van der Waals surface area (Å²) in [6.45, 7) is 2.12. The Kier molecular flexibility index (Phi) is 19.1. The molecule has 0 aliphatic carbocycles. The number of halogens is 2. The highest BCUT2D eigenvalue weighted by Crippen LogP contribution is 2.38. The number of carbonyl (C=O) groups excluding carboxylic acids is 4. The average Bonchev–Trinajstić information content (AvgIpc) is 3.35. The number of amides is 3. The van der Waals surface area contributed by atoms with E-state index >= 15 is 8.78 Å². The van der Waals surface area contributed by atoms with E-state index in [9.17, 15) is 24.3 Å². The number of hydrogen-bond donors (Lipinski definition) is 4. The van der Waals surface area contributed by atoms with Crippen LogP contribution in [0.2, 0.25) is 0 Å². The van der Waals surface area contributed by atoms with E-state index in [1.165, 1.54) is 13.8 Å². The summed E-state index contributed by atoms with van der Waals surface area (Å²) in [5.41, 5.74) is 3.57. The maximum absolute atomic E-state index is 17.2. The molecule has 3 amide bonds. The third kappa shape index (κ3) is 15.5. The first-order valence-corrected chi connectivity index (χ1v) is 22.3. The van der Waals surface area contributed by atoms with Crippen molar-refractivity contribution in [2.45, 2.75) is 108 Å². The van der Waals surface area contributed by atoms with Crippen LogP contribution in [0, 0.1) is 0 Å². The standard InChI is InChI=1S/C52H57F2N3O11/c1-35(48(59)56-36(2)50(61)66-32-40-24-14-6-15-25-40)55-49(60)42(57-51(62)67-33-41-26-16-7-17-27-41)28-52(53,54)47-44(58)46(65-31-39-22-12-5-13-23-39)45(64-30-38-20-10-4-11-21-38)43(68-47)34-63-29-37-18-8-3-9-19-37/h3-27,35-36,42-47,58H,28-34H2,1-2H3,(H,55,60)(H,56,59)(H,57,62)/t35-,36-,42?,43+,44+,45-,46+,47-/m0/s1. The Labute approximate surface area is 394 Å². The summed E-state index contributed by atoms with van der Waals surface area (Å²) in [5.74, 6) is -6.89. The first-order valence-electron chi connectivity index (χ1n) is 22.3. The molecule has 68 heavy (non-hydrogen) atoms. The van der Waals surface area contributed by atoms with Gasteiger partial charge in [-0.2, -0.15) is 0 Å². The summed E-state index contributed by atoms with van der Waals surface area (Å²) >= 11 is 0. The summed E-state index contributed by atoms with van der Waals surface area (Å²) in [4.78, 5) is 53.2. The number of ether oxygens (including phenoxy) is 6. The van der Waals surface area contributed by atoms with Crippen LogP contribution in [0.5, 0.6) is 0 Å². The van der Waals surface area contributed by atoms with Crippen LogP contribution in [0.3, 0.4) is 0 Å². The lowest BCUT2D eigenvalue weighted by Gasteiger charge is -2.46. The van der Waals surface area contributed by atoms with Crippen molar-refractivity contribution in [3.63, 3.8) is 0 Å². The number of rotatable bonds is 23. The zero-order chi connectivity index (χ0) is 48.3. The molecule has 0 spiro atoms. The Hall–Kier alpha value is -6.56. The fraction of sp³-hybridized carbons (Fsp3) is 0.346. The molecule has 360 valence electrons. The molecule has 4 N–H and O–H groups in total. The quantitative estimate of drug-likeness (QED) is 0.0521. The van der Waals surface area contributed by atoms with Crippen LogP contribution in [0.1, 0.15) is 48.1 Å².